The number of benzene rings is 6. The predicted octanol–water partition coefficient (Wildman–Crippen LogP) is 8.76. The zero-order chi connectivity index (χ0) is 21.8. The molecule has 7 aromatic rings. The number of nitrogens with zero attached hydrogens (tertiary/aromatic N) is 1. The number of hydrogen-bond acceptors (Lipinski definition) is 0. The van der Waals surface area contributed by atoms with E-state index >= 15 is 0 Å². The molecule has 0 radical (unpaired) electrons. The summed E-state index contributed by atoms with van der Waals surface area (Å²) < 4.78 is 2.39. The third kappa shape index (κ3) is 2.73. The average Bonchev–Trinajstić information content (AvgIpc) is 3.21. The fourth-order valence-corrected chi connectivity index (χ4v) is 5.31. The lowest BCUT2D eigenvalue weighted by atomic mass is 9.91. The van der Waals surface area contributed by atoms with Crippen molar-refractivity contribution in [3.05, 3.63) is 127 Å². The van der Waals surface area contributed by atoms with E-state index in [0.29, 0.717) is 0 Å². The van der Waals surface area contributed by atoms with Gasteiger partial charge in [0.05, 0.1) is 11.0 Å². The SMILES string of the molecule is c1ccc(-n2c3ccccc3c3ccc(-c4c5ccccc5cc5ccccc45)cc32)cc1. The summed E-state index contributed by atoms with van der Waals surface area (Å²) in [6.45, 7) is 0. The minimum absolute atomic E-state index is 1.18. The third-order valence-electron chi connectivity index (χ3n) is 6.75. The van der Waals surface area contributed by atoms with Crippen LogP contribution in [0.3, 0.4) is 0 Å². The first-order chi connectivity index (χ1) is 16.4. The van der Waals surface area contributed by atoms with E-state index in [4.69, 9.17) is 0 Å². The highest BCUT2D eigenvalue weighted by atomic mass is 15.0. The Kier molecular flexibility index (Phi) is 3.91. The normalized spacial score (nSPS) is 11.6. The third-order valence-corrected chi connectivity index (χ3v) is 6.75. The standard InChI is InChI=1S/C32H21N/c1-2-12-25(13-3-1)33-30-17-9-8-16-28(30)29-19-18-24(21-31(29)33)32-26-14-6-4-10-22(26)20-23-11-5-7-15-27(23)32/h1-21H. The summed E-state index contributed by atoms with van der Waals surface area (Å²) >= 11 is 0. The lowest BCUT2D eigenvalue weighted by Gasteiger charge is -2.13. The second-order valence-electron chi connectivity index (χ2n) is 8.61. The van der Waals surface area contributed by atoms with Crippen molar-refractivity contribution in [2.75, 3.05) is 0 Å². The molecule has 154 valence electrons. The molecule has 1 aromatic heterocycles. The second kappa shape index (κ2) is 7.08. The van der Waals surface area contributed by atoms with Crippen molar-refractivity contribution >= 4 is 43.4 Å². The Labute approximate surface area is 192 Å². The van der Waals surface area contributed by atoms with Crippen LogP contribution in [0.4, 0.5) is 0 Å². The second-order valence-corrected chi connectivity index (χ2v) is 8.61. The van der Waals surface area contributed by atoms with Crippen molar-refractivity contribution in [3.63, 3.8) is 0 Å². The Hall–Kier alpha value is -4.36. The van der Waals surface area contributed by atoms with E-state index in [2.05, 4.69) is 132 Å². The Bertz CT molecular complexity index is 1750. The highest BCUT2D eigenvalue weighted by Gasteiger charge is 2.15. The van der Waals surface area contributed by atoms with Crippen LogP contribution in [-0.2, 0) is 0 Å². The molecule has 0 bridgehead atoms. The summed E-state index contributed by atoms with van der Waals surface area (Å²) in [7, 11) is 0. The molecule has 0 saturated carbocycles. The quantitative estimate of drug-likeness (QED) is 0.247. The van der Waals surface area contributed by atoms with E-state index in [9.17, 15) is 0 Å². The van der Waals surface area contributed by atoms with Gasteiger partial charge in [0.1, 0.15) is 0 Å². The minimum Gasteiger partial charge on any atom is -0.309 e. The van der Waals surface area contributed by atoms with Crippen LogP contribution in [-0.4, -0.2) is 4.57 Å². The Morgan fingerprint density at radius 3 is 1.70 bits per heavy atom. The van der Waals surface area contributed by atoms with Gasteiger partial charge in [0.2, 0.25) is 0 Å². The van der Waals surface area contributed by atoms with Crippen molar-refractivity contribution < 1.29 is 0 Å². The molecule has 1 nitrogen and oxygen atoms in total. The number of para-hydroxylation sites is 2. The van der Waals surface area contributed by atoms with Crippen LogP contribution < -0.4 is 0 Å². The maximum atomic E-state index is 2.39. The molecule has 1 heteroatoms. The zero-order valence-corrected chi connectivity index (χ0v) is 18.1. The molecule has 6 aromatic carbocycles. The van der Waals surface area contributed by atoms with Gasteiger partial charge in [-0.1, -0.05) is 97.1 Å². The molecule has 0 spiro atoms. The topological polar surface area (TPSA) is 4.93 Å². The number of aromatic nitrogens is 1. The molecular weight excluding hydrogens is 398 g/mol. The maximum absolute atomic E-state index is 2.39. The molecule has 0 amide bonds. The van der Waals surface area contributed by atoms with E-state index in [-0.39, 0.29) is 0 Å². The van der Waals surface area contributed by atoms with Crippen LogP contribution in [0.25, 0.3) is 60.2 Å². The van der Waals surface area contributed by atoms with Crippen molar-refractivity contribution in [1.29, 1.82) is 0 Å². The van der Waals surface area contributed by atoms with Gasteiger partial charge in [-0.05, 0) is 63.0 Å². The van der Waals surface area contributed by atoms with Gasteiger partial charge in [0.15, 0.2) is 0 Å². The molecule has 0 fully saturated rings. The Morgan fingerprint density at radius 2 is 0.970 bits per heavy atom. The number of fused-ring (bicyclic) bond motifs is 5. The minimum atomic E-state index is 1.18. The van der Waals surface area contributed by atoms with Crippen LogP contribution in [0.1, 0.15) is 0 Å². The van der Waals surface area contributed by atoms with Gasteiger partial charge < -0.3 is 4.57 Å². The van der Waals surface area contributed by atoms with Crippen LogP contribution >= 0.6 is 0 Å². The van der Waals surface area contributed by atoms with Crippen molar-refractivity contribution in [2.45, 2.75) is 0 Å². The van der Waals surface area contributed by atoms with Gasteiger partial charge in [-0.15, -0.1) is 0 Å². The summed E-state index contributed by atoms with van der Waals surface area (Å²) in [6.07, 6.45) is 0. The zero-order valence-electron chi connectivity index (χ0n) is 18.1. The maximum Gasteiger partial charge on any atom is 0.0547 e. The molecule has 0 aliphatic carbocycles. The lowest BCUT2D eigenvalue weighted by Crippen LogP contribution is -1.93. The van der Waals surface area contributed by atoms with Crippen molar-refractivity contribution in [1.82, 2.24) is 4.57 Å². The summed E-state index contributed by atoms with van der Waals surface area (Å²) in [6, 6.07) is 46.1. The van der Waals surface area contributed by atoms with Gasteiger partial charge >= 0.3 is 0 Å². The predicted molar refractivity (Wildman–Crippen MR) is 141 cm³/mol. The van der Waals surface area contributed by atoms with Crippen LogP contribution in [0.15, 0.2) is 127 Å². The fourth-order valence-electron chi connectivity index (χ4n) is 5.31. The molecule has 0 aliphatic heterocycles. The van der Waals surface area contributed by atoms with Crippen LogP contribution in [0.2, 0.25) is 0 Å². The van der Waals surface area contributed by atoms with Gasteiger partial charge in [0, 0.05) is 16.5 Å². The molecule has 0 unspecified atom stereocenters. The first kappa shape index (κ1) is 18.2. The summed E-state index contributed by atoms with van der Waals surface area (Å²) in [4.78, 5) is 0. The van der Waals surface area contributed by atoms with E-state index in [1.807, 2.05) is 0 Å². The fraction of sp³-hybridized carbons (Fsp3) is 0. The molecule has 0 saturated heterocycles. The largest absolute Gasteiger partial charge is 0.309 e. The first-order valence-corrected chi connectivity index (χ1v) is 11.4. The van der Waals surface area contributed by atoms with Crippen LogP contribution in [0.5, 0.6) is 0 Å². The Balaban J connectivity index is 1.63. The van der Waals surface area contributed by atoms with E-state index in [0.717, 1.165) is 0 Å². The van der Waals surface area contributed by atoms with Crippen molar-refractivity contribution in [2.24, 2.45) is 0 Å². The summed E-state index contributed by atoms with van der Waals surface area (Å²) in [5, 5.41) is 7.69. The first-order valence-electron chi connectivity index (χ1n) is 11.4. The summed E-state index contributed by atoms with van der Waals surface area (Å²) in [5.41, 5.74) is 6.20. The molecular formula is C32H21N. The van der Waals surface area contributed by atoms with Gasteiger partial charge in [0.25, 0.3) is 0 Å². The highest BCUT2D eigenvalue weighted by molar-refractivity contribution is 6.15. The Morgan fingerprint density at radius 1 is 0.394 bits per heavy atom. The van der Waals surface area contributed by atoms with Gasteiger partial charge in [-0.25, -0.2) is 0 Å². The van der Waals surface area contributed by atoms with E-state index in [1.54, 1.807) is 0 Å². The molecule has 33 heavy (non-hydrogen) atoms. The van der Waals surface area contributed by atoms with Gasteiger partial charge in [-0.3, -0.25) is 0 Å². The van der Waals surface area contributed by atoms with E-state index in [1.165, 1.54) is 60.2 Å². The molecule has 0 aliphatic rings. The van der Waals surface area contributed by atoms with E-state index < -0.39 is 0 Å². The van der Waals surface area contributed by atoms with Gasteiger partial charge in [-0.2, -0.15) is 0 Å². The molecule has 0 atom stereocenters. The van der Waals surface area contributed by atoms with Crippen LogP contribution in [0, 0.1) is 0 Å². The summed E-state index contributed by atoms with van der Waals surface area (Å²) in [5.74, 6) is 0. The number of hydrogen-bond donors (Lipinski definition) is 0. The van der Waals surface area contributed by atoms with Crippen molar-refractivity contribution in [3.8, 4) is 16.8 Å². The molecule has 0 N–H and O–H groups in total. The number of rotatable bonds is 2. The smallest absolute Gasteiger partial charge is 0.0547 e. The molecule has 1 heterocycles. The average molecular weight is 420 g/mol. The lowest BCUT2D eigenvalue weighted by molar-refractivity contribution is 1.18. The highest BCUT2D eigenvalue weighted by Crippen LogP contribution is 2.39. The molecule has 7 rings (SSSR count). The monoisotopic (exact) mass is 419 g/mol.